The normalized spacial score (nSPS) is 19.6. The van der Waals surface area contributed by atoms with Crippen LogP contribution in [0.4, 0.5) is 0 Å². The van der Waals surface area contributed by atoms with E-state index < -0.39 is 11.9 Å². The molecule has 2 atom stereocenters. The van der Waals surface area contributed by atoms with Gasteiger partial charge in [-0.05, 0) is 51.3 Å². The second-order valence-corrected chi connectivity index (χ2v) is 6.51. The van der Waals surface area contributed by atoms with E-state index in [0.717, 1.165) is 19.3 Å². The van der Waals surface area contributed by atoms with Crippen molar-refractivity contribution in [2.24, 2.45) is 0 Å². The van der Waals surface area contributed by atoms with Crippen molar-refractivity contribution in [2.75, 3.05) is 20.3 Å². The van der Waals surface area contributed by atoms with Crippen LogP contribution in [0.15, 0.2) is 24.3 Å². The Labute approximate surface area is 153 Å². The van der Waals surface area contributed by atoms with Crippen LogP contribution in [-0.2, 0) is 14.3 Å². The molecule has 1 heterocycles. The summed E-state index contributed by atoms with van der Waals surface area (Å²) in [5.41, 5.74) is 0.379. The third kappa shape index (κ3) is 5.21. The number of amides is 2. The molecule has 1 N–H and O–H groups in total. The molecule has 142 valence electrons. The van der Waals surface area contributed by atoms with Crippen LogP contribution in [0.3, 0.4) is 0 Å². The number of rotatable bonds is 6. The summed E-state index contributed by atoms with van der Waals surface area (Å²) in [6.07, 6.45) is 3.02. The molecule has 2 amide bonds. The Morgan fingerprint density at radius 2 is 1.88 bits per heavy atom. The molecule has 1 aromatic rings. The first-order valence-corrected chi connectivity index (χ1v) is 8.81. The van der Waals surface area contributed by atoms with E-state index in [4.69, 9.17) is 9.47 Å². The van der Waals surface area contributed by atoms with Crippen LogP contribution in [-0.4, -0.2) is 55.0 Å². The van der Waals surface area contributed by atoms with Crippen LogP contribution in [0, 0.1) is 0 Å². The fraction of sp³-hybridized carbons (Fsp3) is 0.526. The average molecular weight is 362 g/mol. The molecule has 1 aromatic carbocycles. The lowest BCUT2D eigenvalue weighted by atomic mass is 9.97. The number of nitrogens with zero attached hydrogens (tertiary/aromatic N) is 1. The molecule has 0 radical (unpaired) electrons. The molecule has 1 fully saturated rings. The molecule has 26 heavy (non-hydrogen) atoms. The topological polar surface area (TPSA) is 84.9 Å². The fourth-order valence-corrected chi connectivity index (χ4v) is 3.20. The van der Waals surface area contributed by atoms with Crippen molar-refractivity contribution in [3.63, 3.8) is 0 Å². The highest BCUT2D eigenvalue weighted by Crippen LogP contribution is 2.22. The van der Waals surface area contributed by atoms with Crippen molar-refractivity contribution < 1.29 is 23.9 Å². The summed E-state index contributed by atoms with van der Waals surface area (Å²) in [5, 5.41) is 2.48. The van der Waals surface area contributed by atoms with E-state index >= 15 is 0 Å². The van der Waals surface area contributed by atoms with E-state index in [1.54, 1.807) is 29.2 Å². The van der Waals surface area contributed by atoms with Crippen LogP contribution >= 0.6 is 0 Å². The predicted molar refractivity (Wildman–Crippen MR) is 95.9 cm³/mol. The van der Waals surface area contributed by atoms with Crippen LogP contribution in [0.1, 0.15) is 43.5 Å². The maximum atomic E-state index is 12.3. The molecular weight excluding hydrogens is 336 g/mol. The zero-order valence-corrected chi connectivity index (χ0v) is 15.5. The Hall–Kier alpha value is -2.57. The van der Waals surface area contributed by atoms with Crippen molar-refractivity contribution >= 4 is 17.8 Å². The molecular formula is C19H26N2O5. The first kappa shape index (κ1) is 19.8. The smallest absolute Gasteiger partial charge is 0.325 e. The second kappa shape index (κ2) is 9.22. The van der Waals surface area contributed by atoms with Crippen molar-refractivity contribution in [3.05, 3.63) is 29.8 Å². The third-order valence-electron chi connectivity index (χ3n) is 4.56. The van der Waals surface area contributed by atoms with Gasteiger partial charge in [0, 0.05) is 17.6 Å². The lowest BCUT2D eigenvalue weighted by Gasteiger charge is -2.38. The summed E-state index contributed by atoms with van der Waals surface area (Å²) in [6.45, 7) is 3.41. The molecule has 7 nitrogen and oxygen atoms in total. The predicted octanol–water partition coefficient (Wildman–Crippen LogP) is 1.76. The third-order valence-corrected chi connectivity index (χ3v) is 4.56. The van der Waals surface area contributed by atoms with Gasteiger partial charge in [-0.3, -0.25) is 14.4 Å². The molecule has 0 unspecified atom stereocenters. The number of methoxy groups -OCH3 is 1. The lowest BCUT2D eigenvalue weighted by molar-refractivity contribution is -0.154. The molecule has 1 saturated heterocycles. The highest BCUT2D eigenvalue weighted by Gasteiger charge is 2.29. The molecule has 7 heteroatoms. The SMILES string of the molecule is COc1cccc(C(=O)NCC(=O)OCC(=O)N2[C@@H](C)CCC[C@@H]2C)c1. The number of benzene rings is 1. The Bertz CT molecular complexity index is 651. The molecule has 0 aromatic heterocycles. The van der Waals surface area contributed by atoms with Crippen LogP contribution in [0.2, 0.25) is 0 Å². The number of carbonyl (C=O) groups excluding carboxylic acids is 3. The summed E-state index contributed by atoms with van der Waals surface area (Å²) >= 11 is 0. The van der Waals surface area contributed by atoms with Gasteiger partial charge in [-0.25, -0.2) is 0 Å². The summed E-state index contributed by atoms with van der Waals surface area (Å²) in [6, 6.07) is 6.90. The fourth-order valence-electron chi connectivity index (χ4n) is 3.20. The summed E-state index contributed by atoms with van der Waals surface area (Å²) in [5.74, 6) is -0.704. The quantitative estimate of drug-likeness (QED) is 0.780. The minimum atomic E-state index is -0.646. The second-order valence-electron chi connectivity index (χ2n) is 6.51. The number of esters is 1. The van der Waals surface area contributed by atoms with Crippen molar-refractivity contribution in [1.29, 1.82) is 0 Å². The summed E-state index contributed by atoms with van der Waals surface area (Å²) in [7, 11) is 1.51. The maximum absolute atomic E-state index is 12.3. The molecule has 2 rings (SSSR count). The van der Waals surface area contributed by atoms with Gasteiger partial charge < -0.3 is 19.7 Å². The van der Waals surface area contributed by atoms with Gasteiger partial charge in [-0.2, -0.15) is 0 Å². The highest BCUT2D eigenvalue weighted by molar-refractivity contribution is 5.96. The molecule has 0 spiro atoms. The van der Waals surface area contributed by atoms with Gasteiger partial charge in [0.2, 0.25) is 0 Å². The van der Waals surface area contributed by atoms with Crippen molar-refractivity contribution in [2.45, 2.75) is 45.2 Å². The van der Waals surface area contributed by atoms with E-state index in [2.05, 4.69) is 5.32 Å². The number of ether oxygens (including phenoxy) is 2. The van der Waals surface area contributed by atoms with Crippen LogP contribution in [0.25, 0.3) is 0 Å². The largest absolute Gasteiger partial charge is 0.497 e. The number of likely N-dealkylation sites (tertiary alicyclic amines) is 1. The van der Waals surface area contributed by atoms with Crippen LogP contribution in [0.5, 0.6) is 5.75 Å². The van der Waals surface area contributed by atoms with E-state index in [0.29, 0.717) is 11.3 Å². The minimum absolute atomic E-state index is 0.151. The first-order chi connectivity index (χ1) is 12.4. The molecule has 1 aliphatic rings. The zero-order chi connectivity index (χ0) is 19.1. The number of carbonyl (C=O) groups is 3. The molecule has 0 saturated carbocycles. The maximum Gasteiger partial charge on any atom is 0.325 e. The highest BCUT2D eigenvalue weighted by atomic mass is 16.5. The Kier molecular flexibility index (Phi) is 7.00. The number of hydrogen-bond donors (Lipinski definition) is 1. The van der Waals surface area contributed by atoms with Gasteiger partial charge in [-0.15, -0.1) is 0 Å². The van der Waals surface area contributed by atoms with E-state index in [9.17, 15) is 14.4 Å². The monoisotopic (exact) mass is 362 g/mol. The Morgan fingerprint density at radius 3 is 2.54 bits per heavy atom. The molecule has 0 aliphatic carbocycles. The standard InChI is InChI=1S/C19H26N2O5/c1-13-6-4-7-14(2)21(13)17(22)12-26-18(23)11-20-19(24)15-8-5-9-16(10-15)25-3/h5,8-10,13-14H,4,6-7,11-12H2,1-3H3,(H,20,24)/t13-,14-/m0/s1. The Balaban J connectivity index is 1.77. The van der Waals surface area contributed by atoms with Gasteiger partial charge in [0.25, 0.3) is 11.8 Å². The number of nitrogens with one attached hydrogen (secondary N) is 1. The van der Waals surface area contributed by atoms with Crippen molar-refractivity contribution in [1.82, 2.24) is 10.2 Å². The van der Waals surface area contributed by atoms with Crippen molar-refractivity contribution in [3.8, 4) is 5.75 Å². The summed E-state index contributed by atoms with van der Waals surface area (Å²) < 4.78 is 10.1. The van der Waals surface area contributed by atoms with E-state index in [1.165, 1.54) is 7.11 Å². The Morgan fingerprint density at radius 1 is 1.19 bits per heavy atom. The number of hydrogen-bond acceptors (Lipinski definition) is 5. The van der Waals surface area contributed by atoms with Gasteiger partial charge in [0.15, 0.2) is 6.61 Å². The van der Waals surface area contributed by atoms with E-state index in [1.807, 2.05) is 13.8 Å². The average Bonchev–Trinajstić information content (AvgIpc) is 2.64. The van der Waals surface area contributed by atoms with Gasteiger partial charge in [0.05, 0.1) is 7.11 Å². The van der Waals surface area contributed by atoms with E-state index in [-0.39, 0.29) is 31.1 Å². The summed E-state index contributed by atoms with van der Waals surface area (Å²) in [4.78, 5) is 37.9. The zero-order valence-electron chi connectivity index (χ0n) is 15.5. The van der Waals surface area contributed by atoms with Gasteiger partial charge >= 0.3 is 5.97 Å². The molecule has 0 bridgehead atoms. The first-order valence-electron chi connectivity index (χ1n) is 8.81. The van der Waals surface area contributed by atoms with Gasteiger partial charge in [-0.1, -0.05) is 6.07 Å². The van der Waals surface area contributed by atoms with Gasteiger partial charge in [0.1, 0.15) is 12.3 Å². The van der Waals surface area contributed by atoms with Crippen LogP contribution < -0.4 is 10.1 Å². The lowest BCUT2D eigenvalue weighted by Crippen LogP contribution is -2.49. The minimum Gasteiger partial charge on any atom is -0.497 e. The molecule has 1 aliphatic heterocycles. The number of piperidine rings is 1.